The normalized spacial score (nSPS) is 14.0. The number of fused-ring (bicyclic) bond motifs is 1. The lowest BCUT2D eigenvalue weighted by molar-refractivity contribution is 0.463. The first-order valence-electron chi connectivity index (χ1n) is 9.63. The van der Waals surface area contributed by atoms with Crippen LogP contribution in [0, 0.1) is 5.82 Å². The van der Waals surface area contributed by atoms with Crippen molar-refractivity contribution in [1.82, 2.24) is 9.97 Å². The summed E-state index contributed by atoms with van der Waals surface area (Å²) < 4.78 is 19.8. The van der Waals surface area contributed by atoms with Crippen LogP contribution >= 0.6 is 0 Å². The molecule has 0 spiro atoms. The van der Waals surface area contributed by atoms with Gasteiger partial charge in [0.2, 0.25) is 5.95 Å². The van der Waals surface area contributed by atoms with Gasteiger partial charge in [0.15, 0.2) is 17.1 Å². The maximum Gasteiger partial charge on any atom is 0.229 e. The fraction of sp³-hybridized carbons (Fsp3) is 0.217. The number of aliphatic hydroxyl groups is 1. The molecule has 1 aromatic carbocycles. The van der Waals surface area contributed by atoms with Crippen LogP contribution in [0.2, 0.25) is 0 Å². The van der Waals surface area contributed by atoms with Gasteiger partial charge < -0.3 is 20.2 Å². The van der Waals surface area contributed by atoms with Crippen molar-refractivity contribution in [1.29, 1.82) is 0 Å². The van der Waals surface area contributed by atoms with E-state index in [9.17, 15) is 4.39 Å². The molecule has 0 saturated heterocycles. The monoisotopic (exact) mass is 406 g/mol. The third kappa shape index (κ3) is 4.20. The molecule has 0 radical (unpaired) electrons. The highest BCUT2D eigenvalue weighted by atomic mass is 19.1. The largest absolute Gasteiger partial charge is 0.512 e. The van der Waals surface area contributed by atoms with Gasteiger partial charge in [-0.15, -0.1) is 0 Å². The molecular weight excluding hydrogens is 383 g/mol. The van der Waals surface area contributed by atoms with Crippen LogP contribution in [0.25, 0.3) is 12.3 Å². The summed E-state index contributed by atoms with van der Waals surface area (Å²) in [6.45, 7) is 6.38. The Morgan fingerprint density at radius 3 is 2.77 bits per heavy atom. The molecule has 154 valence electrons. The van der Waals surface area contributed by atoms with Crippen molar-refractivity contribution in [3.8, 4) is 0 Å². The van der Waals surface area contributed by atoms with Crippen LogP contribution < -0.4 is 21.5 Å². The minimum absolute atomic E-state index is 0.0157. The molecule has 0 amide bonds. The highest BCUT2D eigenvalue weighted by Crippen LogP contribution is 2.26. The lowest BCUT2D eigenvalue weighted by Crippen LogP contribution is -2.15. The number of furan rings is 1. The molecule has 0 aliphatic heterocycles. The van der Waals surface area contributed by atoms with Crippen molar-refractivity contribution >= 4 is 29.8 Å². The molecule has 0 bridgehead atoms. The number of aromatic nitrogens is 2. The molecule has 7 heteroatoms. The SMILES string of the molecule is CC(C)(C)c1cccc(Nc2nc(NC3=CC=c4oc(=CO)cc4C3)ncc2F)c1. The Morgan fingerprint density at radius 1 is 1.17 bits per heavy atom. The van der Waals surface area contributed by atoms with Crippen molar-refractivity contribution in [3.63, 3.8) is 0 Å². The van der Waals surface area contributed by atoms with E-state index in [0.29, 0.717) is 17.3 Å². The predicted molar refractivity (Wildman–Crippen MR) is 115 cm³/mol. The van der Waals surface area contributed by atoms with Gasteiger partial charge in [-0.2, -0.15) is 4.98 Å². The van der Waals surface area contributed by atoms with E-state index >= 15 is 0 Å². The van der Waals surface area contributed by atoms with Crippen molar-refractivity contribution in [2.75, 3.05) is 10.6 Å². The maximum absolute atomic E-state index is 14.3. The molecule has 3 N–H and O–H groups in total. The molecule has 6 nitrogen and oxygen atoms in total. The first-order valence-corrected chi connectivity index (χ1v) is 9.63. The number of rotatable bonds is 4. The summed E-state index contributed by atoms with van der Waals surface area (Å²) in [5.74, 6) is -0.155. The zero-order valence-corrected chi connectivity index (χ0v) is 17.0. The Labute approximate surface area is 173 Å². The van der Waals surface area contributed by atoms with Crippen LogP contribution in [0.5, 0.6) is 0 Å². The zero-order chi connectivity index (χ0) is 21.3. The minimum Gasteiger partial charge on any atom is -0.512 e. The Hall–Kier alpha value is -3.61. The fourth-order valence-corrected chi connectivity index (χ4v) is 3.19. The highest BCUT2D eigenvalue weighted by Gasteiger charge is 2.15. The molecule has 1 aliphatic carbocycles. The topological polar surface area (TPSA) is 83.2 Å². The summed E-state index contributed by atoms with van der Waals surface area (Å²) >= 11 is 0. The van der Waals surface area contributed by atoms with Crippen molar-refractivity contribution in [2.24, 2.45) is 0 Å². The molecule has 0 unspecified atom stereocenters. The first kappa shape index (κ1) is 19.7. The average Bonchev–Trinajstić information content (AvgIpc) is 3.13. The van der Waals surface area contributed by atoms with Gasteiger partial charge in [0.25, 0.3) is 0 Å². The predicted octanol–water partition coefficient (Wildman–Crippen LogP) is 3.88. The van der Waals surface area contributed by atoms with Crippen molar-refractivity contribution in [2.45, 2.75) is 32.6 Å². The molecule has 4 rings (SSSR count). The summed E-state index contributed by atoms with van der Waals surface area (Å²) in [6, 6.07) is 9.61. The second-order valence-electron chi connectivity index (χ2n) is 8.17. The minimum atomic E-state index is -0.536. The summed E-state index contributed by atoms with van der Waals surface area (Å²) in [4.78, 5) is 8.35. The van der Waals surface area contributed by atoms with Gasteiger partial charge in [-0.1, -0.05) is 32.9 Å². The van der Waals surface area contributed by atoms with Crippen LogP contribution in [0.4, 0.5) is 21.8 Å². The van der Waals surface area contributed by atoms with Crippen LogP contribution in [0.1, 0.15) is 31.9 Å². The van der Waals surface area contributed by atoms with Crippen molar-refractivity contribution in [3.05, 3.63) is 76.1 Å². The van der Waals surface area contributed by atoms with E-state index in [-0.39, 0.29) is 17.2 Å². The second-order valence-corrected chi connectivity index (χ2v) is 8.17. The molecule has 2 heterocycles. The van der Waals surface area contributed by atoms with Crippen LogP contribution in [-0.2, 0) is 11.8 Å². The standard InChI is InChI=1S/C23H23FN4O2/c1-23(2,3)15-5-4-6-16(11-15)26-21-19(24)12-25-22(28-21)27-17-7-8-20-14(9-17)10-18(13-29)30-20/h4-8,10-13,29H,9H2,1-3H3,(H2,25,26,27,28). The molecule has 1 aliphatic rings. The van der Waals surface area contributed by atoms with Gasteiger partial charge >= 0.3 is 0 Å². The van der Waals surface area contributed by atoms with Crippen LogP contribution in [0.15, 0.2) is 52.7 Å². The molecule has 3 aromatic rings. The van der Waals surface area contributed by atoms with E-state index in [1.165, 1.54) is 0 Å². The van der Waals surface area contributed by atoms with Gasteiger partial charge in [-0.3, -0.25) is 0 Å². The molecule has 2 aromatic heterocycles. The molecule has 0 saturated carbocycles. The van der Waals surface area contributed by atoms with E-state index in [1.54, 1.807) is 12.1 Å². The number of nitrogens with zero attached hydrogens (tertiary/aromatic N) is 2. The second kappa shape index (κ2) is 7.67. The number of hydrogen-bond donors (Lipinski definition) is 3. The number of anilines is 3. The Kier molecular flexibility index (Phi) is 5.03. The van der Waals surface area contributed by atoms with E-state index in [0.717, 1.165) is 35.0 Å². The van der Waals surface area contributed by atoms with Gasteiger partial charge in [-0.25, -0.2) is 9.37 Å². The lowest BCUT2D eigenvalue weighted by Gasteiger charge is -2.20. The van der Waals surface area contributed by atoms with Gasteiger partial charge in [0.05, 0.1) is 6.20 Å². The summed E-state index contributed by atoms with van der Waals surface area (Å²) in [5.41, 5.74) is 4.73. The van der Waals surface area contributed by atoms with E-state index < -0.39 is 5.82 Å². The van der Waals surface area contributed by atoms with Gasteiger partial charge in [-0.05, 0) is 41.3 Å². The number of halogens is 1. The van der Waals surface area contributed by atoms with E-state index in [1.807, 2.05) is 30.3 Å². The number of allylic oxidation sites excluding steroid dienone is 2. The van der Waals surface area contributed by atoms with E-state index in [2.05, 4.69) is 41.4 Å². The van der Waals surface area contributed by atoms with Gasteiger partial charge in [0.1, 0.15) is 11.7 Å². The third-order valence-corrected chi connectivity index (χ3v) is 4.81. The average molecular weight is 406 g/mol. The summed E-state index contributed by atoms with van der Waals surface area (Å²) in [7, 11) is 0. The fourth-order valence-electron chi connectivity index (χ4n) is 3.19. The quantitative estimate of drug-likeness (QED) is 0.610. The molecular formula is C23H23FN4O2. The zero-order valence-electron chi connectivity index (χ0n) is 17.0. The third-order valence-electron chi connectivity index (χ3n) is 4.81. The lowest BCUT2D eigenvalue weighted by atomic mass is 9.87. The first-order chi connectivity index (χ1) is 14.3. The maximum atomic E-state index is 14.3. The van der Waals surface area contributed by atoms with Crippen LogP contribution in [0.3, 0.4) is 0 Å². The summed E-state index contributed by atoms with van der Waals surface area (Å²) in [6.07, 6.45) is 6.27. The molecule has 0 fully saturated rings. The number of hydrogen-bond acceptors (Lipinski definition) is 6. The van der Waals surface area contributed by atoms with Crippen LogP contribution in [-0.4, -0.2) is 15.1 Å². The summed E-state index contributed by atoms with van der Waals surface area (Å²) in [5, 5.41) is 15.3. The number of aliphatic hydroxyl groups excluding tert-OH is 1. The van der Waals surface area contributed by atoms with Gasteiger partial charge in [0, 0.05) is 23.4 Å². The molecule has 0 atom stereocenters. The Morgan fingerprint density at radius 2 is 2.00 bits per heavy atom. The number of nitrogens with one attached hydrogen (secondary N) is 2. The van der Waals surface area contributed by atoms with E-state index in [4.69, 9.17) is 9.52 Å². The highest BCUT2D eigenvalue weighted by molar-refractivity contribution is 5.59. The molecule has 30 heavy (non-hydrogen) atoms. The number of benzene rings is 1. The Bertz CT molecular complexity index is 1240. The Balaban J connectivity index is 1.54. The van der Waals surface area contributed by atoms with Crippen molar-refractivity contribution < 1.29 is 13.9 Å². The smallest absolute Gasteiger partial charge is 0.229 e.